The number of rotatable bonds is 7. The van der Waals surface area contributed by atoms with Crippen LogP contribution in [0.5, 0.6) is 0 Å². The Hall–Kier alpha value is -3.75. The number of alkyl halides is 3. The molecule has 1 atom stereocenters. The van der Waals surface area contributed by atoms with E-state index in [0.717, 1.165) is 28.4 Å². The highest BCUT2D eigenvalue weighted by Gasteiger charge is 2.37. The summed E-state index contributed by atoms with van der Waals surface area (Å²) in [6, 6.07) is 16.5. The molecule has 0 spiro atoms. The van der Waals surface area contributed by atoms with Gasteiger partial charge < -0.3 is 15.1 Å². The van der Waals surface area contributed by atoms with Crippen LogP contribution in [0.2, 0.25) is 0 Å². The summed E-state index contributed by atoms with van der Waals surface area (Å²) in [6.45, 7) is 1.61. The number of amides is 1. The van der Waals surface area contributed by atoms with Gasteiger partial charge in [-0.1, -0.05) is 45.9 Å². The highest BCUT2D eigenvalue weighted by molar-refractivity contribution is 9.10. The maximum Gasteiger partial charge on any atom is 0.416 e. The Morgan fingerprint density at radius 1 is 1.16 bits per heavy atom. The van der Waals surface area contributed by atoms with Crippen LogP contribution in [0.3, 0.4) is 0 Å². The fraction of sp³-hybridized carbons (Fsp3) is 0.148. The number of benzene rings is 2. The largest absolute Gasteiger partial charge is 0.468 e. The first kappa shape index (κ1) is 27.3. The molecule has 1 amide bonds. The molecule has 1 aliphatic rings. The number of carbonyl (C=O) groups excluding carboxylic acids is 2. The highest BCUT2D eigenvalue weighted by Crippen LogP contribution is 2.41. The molecule has 0 radical (unpaired) electrons. The van der Waals surface area contributed by atoms with Crippen molar-refractivity contribution < 1.29 is 27.2 Å². The van der Waals surface area contributed by atoms with Crippen LogP contribution < -0.4 is 10.6 Å². The number of furan rings is 1. The van der Waals surface area contributed by atoms with Crippen molar-refractivity contribution in [3.05, 3.63) is 110 Å². The summed E-state index contributed by atoms with van der Waals surface area (Å²) < 4.78 is 45.8. The van der Waals surface area contributed by atoms with E-state index in [9.17, 15) is 28.0 Å². The molecular formula is C27H19BrF3N3O3S. The van der Waals surface area contributed by atoms with Gasteiger partial charge in [0.2, 0.25) is 0 Å². The summed E-state index contributed by atoms with van der Waals surface area (Å²) in [7, 11) is 0. The van der Waals surface area contributed by atoms with Crippen LogP contribution in [-0.4, -0.2) is 17.4 Å². The fourth-order valence-corrected chi connectivity index (χ4v) is 5.15. The topological polar surface area (TPSA) is 95.1 Å². The zero-order chi connectivity index (χ0) is 27.4. The summed E-state index contributed by atoms with van der Waals surface area (Å²) in [5.41, 5.74) is 0.175. The van der Waals surface area contributed by atoms with E-state index in [1.54, 1.807) is 43.3 Å². The molecule has 0 saturated heterocycles. The van der Waals surface area contributed by atoms with Gasteiger partial charge in [0.15, 0.2) is 5.78 Å². The van der Waals surface area contributed by atoms with E-state index in [-0.39, 0.29) is 28.4 Å². The van der Waals surface area contributed by atoms with Crippen molar-refractivity contribution in [2.75, 3.05) is 11.1 Å². The van der Waals surface area contributed by atoms with Gasteiger partial charge in [-0.15, -0.1) is 0 Å². The first-order valence-corrected chi connectivity index (χ1v) is 12.9. The molecule has 11 heteroatoms. The molecule has 0 unspecified atom stereocenters. The second-order valence-corrected chi connectivity index (χ2v) is 10.1. The van der Waals surface area contributed by atoms with E-state index in [0.29, 0.717) is 22.0 Å². The molecule has 4 rings (SSSR count). The second-order valence-electron chi connectivity index (χ2n) is 8.22. The maximum absolute atomic E-state index is 13.4. The van der Waals surface area contributed by atoms with Gasteiger partial charge in [0.1, 0.15) is 5.76 Å². The molecule has 2 heterocycles. The molecule has 0 bridgehead atoms. The fourth-order valence-electron chi connectivity index (χ4n) is 3.90. The third kappa shape index (κ3) is 6.03. The smallest absolute Gasteiger partial charge is 0.416 e. The zero-order valence-corrected chi connectivity index (χ0v) is 22.1. The lowest BCUT2D eigenvalue weighted by Gasteiger charge is -2.28. The molecule has 2 N–H and O–H groups in total. The number of thioether (sulfide) groups is 1. The number of ketones is 1. The first-order chi connectivity index (χ1) is 18.1. The predicted octanol–water partition coefficient (Wildman–Crippen LogP) is 7.01. The van der Waals surface area contributed by atoms with E-state index in [2.05, 4.69) is 32.6 Å². The summed E-state index contributed by atoms with van der Waals surface area (Å²) in [5, 5.41) is 16.0. The van der Waals surface area contributed by atoms with Gasteiger partial charge in [0.05, 0.1) is 45.7 Å². The van der Waals surface area contributed by atoms with Crippen molar-refractivity contribution in [3.63, 3.8) is 0 Å². The molecule has 1 aromatic heterocycles. The van der Waals surface area contributed by atoms with Gasteiger partial charge in [0, 0.05) is 21.4 Å². The Labute approximate surface area is 228 Å². The van der Waals surface area contributed by atoms with Crippen molar-refractivity contribution in [2.45, 2.75) is 19.0 Å². The Bertz CT molecular complexity index is 1470. The van der Waals surface area contributed by atoms with Gasteiger partial charge in [-0.25, -0.2) is 0 Å². The molecule has 0 fully saturated rings. The highest BCUT2D eigenvalue weighted by atomic mass is 79.9. The minimum Gasteiger partial charge on any atom is -0.468 e. The van der Waals surface area contributed by atoms with Crippen molar-refractivity contribution in [1.29, 1.82) is 5.26 Å². The lowest BCUT2D eigenvalue weighted by molar-refractivity contribution is -0.137. The zero-order valence-electron chi connectivity index (χ0n) is 19.7. The van der Waals surface area contributed by atoms with Crippen molar-refractivity contribution in [2.24, 2.45) is 0 Å². The predicted molar refractivity (Wildman–Crippen MR) is 141 cm³/mol. The number of dihydropyridines is 1. The Balaban J connectivity index is 1.63. The van der Waals surface area contributed by atoms with Gasteiger partial charge >= 0.3 is 6.18 Å². The van der Waals surface area contributed by atoms with Crippen molar-refractivity contribution in [3.8, 4) is 6.07 Å². The van der Waals surface area contributed by atoms with Gasteiger partial charge in [0.25, 0.3) is 5.91 Å². The van der Waals surface area contributed by atoms with E-state index in [1.165, 1.54) is 18.4 Å². The quantitative estimate of drug-likeness (QED) is 0.283. The molecule has 0 saturated carbocycles. The van der Waals surface area contributed by atoms with E-state index in [1.807, 2.05) is 0 Å². The Kier molecular flexibility index (Phi) is 8.14. The van der Waals surface area contributed by atoms with Crippen LogP contribution in [-0.2, 0) is 11.0 Å². The average Bonchev–Trinajstić information content (AvgIpc) is 3.41. The van der Waals surface area contributed by atoms with Crippen LogP contribution in [0, 0.1) is 11.3 Å². The summed E-state index contributed by atoms with van der Waals surface area (Å²) >= 11 is 4.45. The number of halogens is 4. The third-order valence-corrected chi connectivity index (χ3v) is 7.23. The number of nitriles is 1. The average molecular weight is 602 g/mol. The molecule has 38 heavy (non-hydrogen) atoms. The van der Waals surface area contributed by atoms with Crippen LogP contribution >= 0.6 is 27.7 Å². The standard InChI is InChI=1S/C27H19BrF3N3O3S/c1-15-23(25(36)34-19-5-2-4-17(12-19)27(29,30)31)24(22-6-3-11-37-22)20(13-32)26(33-15)38-14-21(35)16-7-9-18(28)10-8-16/h2-12,24,33H,14H2,1H3,(H,34,36)/t24-/m1/s1. The summed E-state index contributed by atoms with van der Waals surface area (Å²) in [5.74, 6) is -1.46. The van der Waals surface area contributed by atoms with E-state index in [4.69, 9.17) is 4.42 Å². The van der Waals surface area contributed by atoms with E-state index >= 15 is 0 Å². The SMILES string of the molecule is CC1=C(C(=O)Nc2cccc(C(F)(F)F)c2)[C@@H](c2ccco2)C(C#N)=C(SCC(=O)c2ccc(Br)cc2)N1. The maximum atomic E-state index is 13.4. The van der Waals surface area contributed by atoms with Gasteiger partial charge in [-0.2, -0.15) is 18.4 Å². The number of nitrogens with one attached hydrogen (secondary N) is 2. The summed E-state index contributed by atoms with van der Waals surface area (Å²) in [6.07, 6.45) is -3.18. The molecule has 0 aliphatic carbocycles. The Morgan fingerprint density at radius 3 is 2.53 bits per heavy atom. The monoisotopic (exact) mass is 601 g/mol. The van der Waals surface area contributed by atoms with Crippen LogP contribution in [0.1, 0.15) is 34.5 Å². The minimum absolute atomic E-state index is 0.0268. The molecule has 3 aromatic rings. The minimum atomic E-state index is -4.57. The summed E-state index contributed by atoms with van der Waals surface area (Å²) in [4.78, 5) is 26.1. The van der Waals surface area contributed by atoms with Crippen LogP contribution in [0.15, 0.2) is 97.7 Å². The van der Waals surface area contributed by atoms with E-state index < -0.39 is 23.6 Å². The van der Waals surface area contributed by atoms with Gasteiger partial charge in [-0.05, 0) is 49.4 Å². The lowest BCUT2D eigenvalue weighted by Crippen LogP contribution is -2.30. The second kappa shape index (κ2) is 11.3. The van der Waals surface area contributed by atoms with Crippen LogP contribution in [0.4, 0.5) is 18.9 Å². The molecule has 2 aromatic carbocycles. The number of nitrogens with zero attached hydrogens (tertiary/aromatic N) is 1. The first-order valence-electron chi connectivity index (χ1n) is 11.1. The number of Topliss-reactive ketones (excluding diaryl/α,β-unsaturated/α-hetero) is 1. The molecule has 6 nitrogen and oxygen atoms in total. The molecule has 1 aliphatic heterocycles. The van der Waals surface area contributed by atoms with Gasteiger partial charge in [-0.3, -0.25) is 9.59 Å². The van der Waals surface area contributed by atoms with Crippen molar-refractivity contribution >= 4 is 45.1 Å². The molecule has 194 valence electrons. The van der Waals surface area contributed by atoms with Crippen molar-refractivity contribution in [1.82, 2.24) is 5.32 Å². The lowest BCUT2D eigenvalue weighted by atomic mass is 9.85. The Morgan fingerprint density at radius 2 is 1.89 bits per heavy atom. The van der Waals surface area contributed by atoms with Crippen LogP contribution in [0.25, 0.3) is 0 Å². The number of anilines is 1. The molecular weight excluding hydrogens is 583 g/mol. The number of hydrogen-bond acceptors (Lipinski definition) is 6. The third-order valence-electron chi connectivity index (χ3n) is 5.68. The number of hydrogen-bond donors (Lipinski definition) is 2. The number of allylic oxidation sites excluding steroid dienone is 2. The normalized spacial score (nSPS) is 15.6. The number of carbonyl (C=O) groups is 2.